The Bertz CT molecular complexity index is 405. The minimum absolute atomic E-state index is 0.234. The van der Waals surface area contributed by atoms with Crippen LogP contribution in [-0.4, -0.2) is 18.4 Å². The summed E-state index contributed by atoms with van der Waals surface area (Å²) < 4.78 is 0.966. The van der Waals surface area contributed by atoms with Gasteiger partial charge in [0.15, 0.2) is 5.78 Å². The van der Waals surface area contributed by atoms with E-state index < -0.39 is 0 Å². The summed E-state index contributed by atoms with van der Waals surface area (Å²) in [5, 5.41) is 3.43. The number of Topliss-reactive ketones (excluding diaryl/α,β-unsaturated/α-hetero) is 1. The maximum atomic E-state index is 12.1. The van der Waals surface area contributed by atoms with Gasteiger partial charge in [-0.25, -0.2) is 0 Å². The van der Waals surface area contributed by atoms with E-state index in [1.54, 1.807) is 0 Å². The summed E-state index contributed by atoms with van der Waals surface area (Å²) >= 11 is 3.40. The average molecular weight is 296 g/mol. The summed E-state index contributed by atoms with van der Waals surface area (Å²) in [5.41, 5.74) is 0.805. The number of piperidine rings is 1. The molecule has 0 spiro atoms. The molecular formula is C14H18BrNO. The molecule has 1 N–H and O–H groups in total. The number of hydrogen-bond donors (Lipinski definition) is 1. The molecule has 2 atom stereocenters. The highest BCUT2D eigenvalue weighted by molar-refractivity contribution is 9.10. The molecule has 0 aliphatic carbocycles. The van der Waals surface area contributed by atoms with Gasteiger partial charge in [0.05, 0.1) is 0 Å². The molecule has 17 heavy (non-hydrogen) atoms. The van der Waals surface area contributed by atoms with Gasteiger partial charge in [0, 0.05) is 22.5 Å². The molecular weight excluding hydrogens is 278 g/mol. The summed E-state index contributed by atoms with van der Waals surface area (Å²) in [6, 6.07) is 7.99. The van der Waals surface area contributed by atoms with Crippen LogP contribution in [0.2, 0.25) is 0 Å². The van der Waals surface area contributed by atoms with E-state index in [1.165, 1.54) is 6.42 Å². The number of nitrogens with one attached hydrogen (secondary N) is 1. The Kier molecular flexibility index (Phi) is 4.35. The predicted molar refractivity (Wildman–Crippen MR) is 73.3 cm³/mol. The fourth-order valence-electron chi connectivity index (χ4n) is 2.38. The van der Waals surface area contributed by atoms with Crippen LogP contribution < -0.4 is 5.32 Å². The lowest BCUT2D eigenvalue weighted by Gasteiger charge is -2.27. The largest absolute Gasteiger partial charge is 0.314 e. The standard InChI is InChI=1S/C14H18BrNO/c1-10-5-6-16-13(7-10)9-14(17)11-3-2-4-12(15)8-11/h2-4,8,10,13,16H,5-7,9H2,1H3. The van der Waals surface area contributed by atoms with Crippen LogP contribution in [0.25, 0.3) is 0 Å². The summed E-state index contributed by atoms with van der Waals surface area (Å²) in [5.74, 6) is 0.967. The highest BCUT2D eigenvalue weighted by Gasteiger charge is 2.21. The van der Waals surface area contributed by atoms with Crippen molar-refractivity contribution in [2.45, 2.75) is 32.2 Å². The van der Waals surface area contributed by atoms with Gasteiger partial charge in [-0.05, 0) is 37.4 Å². The van der Waals surface area contributed by atoms with Crippen molar-refractivity contribution < 1.29 is 4.79 Å². The molecule has 1 saturated heterocycles. The van der Waals surface area contributed by atoms with E-state index in [0.717, 1.165) is 28.9 Å². The Labute approximate surface area is 111 Å². The lowest BCUT2D eigenvalue weighted by molar-refractivity contribution is 0.0959. The van der Waals surface area contributed by atoms with Gasteiger partial charge in [-0.2, -0.15) is 0 Å². The smallest absolute Gasteiger partial charge is 0.164 e. The summed E-state index contributed by atoms with van der Waals surface area (Å²) in [7, 11) is 0. The zero-order chi connectivity index (χ0) is 12.3. The topological polar surface area (TPSA) is 29.1 Å². The molecule has 1 aromatic carbocycles. The monoisotopic (exact) mass is 295 g/mol. The van der Waals surface area contributed by atoms with Crippen LogP contribution in [-0.2, 0) is 0 Å². The number of carbonyl (C=O) groups is 1. The molecule has 1 fully saturated rings. The normalized spacial score (nSPS) is 24.6. The molecule has 2 nitrogen and oxygen atoms in total. The number of carbonyl (C=O) groups excluding carboxylic acids is 1. The molecule has 1 aliphatic heterocycles. The molecule has 2 unspecified atom stereocenters. The Balaban J connectivity index is 1.97. The first kappa shape index (κ1) is 12.8. The average Bonchev–Trinajstić information content (AvgIpc) is 2.29. The zero-order valence-corrected chi connectivity index (χ0v) is 11.7. The third kappa shape index (κ3) is 3.65. The van der Waals surface area contributed by atoms with Crippen molar-refractivity contribution in [1.82, 2.24) is 5.32 Å². The molecule has 1 aliphatic rings. The van der Waals surface area contributed by atoms with Crippen LogP contribution in [0.3, 0.4) is 0 Å². The Morgan fingerprint density at radius 2 is 2.35 bits per heavy atom. The van der Waals surface area contributed by atoms with E-state index in [4.69, 9.17) is 0 Å². The fourth-order valence-corrected chi connectivity index (χ4v) is 2.78. The van der Waals surface area contributed by atoms with Crippen LogP contribution >= 0.6 is 15.9 Å². The van der Waals surface area contributed by atoms with Crippen molar-refractivity contribution in [3.05, 3.63) is 34.3 Å². The van der Waals surface area contributed by atoms with Gasteiger partial charge in [-0.1, -0.05) is 35.0 Å². The van der Waals surface area contributed by atoms with Crippen molar-refractivity contribution in [1.29, 1.82) is 0 Å². The van der Waals surface area contributed by atoms with Gasteiger partial charge in [0.25, 0.3) is 0 Å². The summed E-state index contributed by atoms with van der Waals surface area (Å²) in [6.45, 7) is 3.30. The molecule has 0 saturated carbocycles. The molecule has 1 heterocycles. The second kappa shape index (κ2) is 5.78. The van der Waals surface area contributed by atoms with Crippen LogP contribution in [0.4, 0.5) is 0 Å². The van der Waals surface area contributed by atoms with Gasteiger partial charge in [-0.3, -0.25) is 4.79 Å². The van der Waals surface area contributed by atoms with E-state index in [9.17, 15) is 4.79 Å². The van der Waals surface area contributed by atoms with Gasteiger partial charge < -0.3 is 5.32 Å². The molecule has 1 aromatic rings. The predicted octanol–water partition coefficient (Wildman–Crippen LogP) is 3.41. The SMILES string of the molecule is CC1CCNC(CC(=O)c2cccc(Br)c2)C1. The zero-order valence-electron chi connectivity index (χ0n) is 10.1. The maximum absolute atomic E-state index is 12.1. The number of ketones is 1. The molecule has 3 heteroatoms. The molecule has 0 aromatic heterocycles. The first-order valence-corrected chi connectivity index (χ1v) is 6.96. The summed E-state index contributed by atoms with van der Waals surface area (Å²) in [4.78, 5) is 12.1. The highest BCUT2D eigenvalue weighted by atomic mass is 79.9. The second-order valence-electron chi connectivity index (χ2n) is 4.92. The first-order valence-electron chi connectivity index (χ1n) is 6.17. The van der Waals surface area contributed by atoms with Crippen LogP contribution in [0.1, 0.15) is 36.5 Å². The third-order valence-corrected chi connectivity index (χ3v) is 3.83. The van der Waals surface area contributed by atoms with Gasteiger partial charge in [0.2, 0.25) is 0 Å². The quantitative estimate of drug-likeness (QED) is 0.866. The minimum Gasteiger partial charge on any atom is -0.314 e. The van der Waals surface area contributed by atoms with Crippen molar-refractivity contribution >= 4 is 21.7 Å². The van der Waals surface area contributed by atoms with Crippen LogP contribution in [0.5, 0.6) is 0 Å². The Morgan fingerprint density at radius 3 is 3.06 bits per heavy atom. The fraction of sp³-hybridized carbons (Fsp3) is 0.500. The minimum atomic E-state index is 0.234. The number of halogens is 1. The van der Waals surface area contributed by atoms with Crippen molar-refractivity contribution in [2.75, 3.05) is 6.54 Å². The maximum Gasteiger partial charge on any atom is 0.164 e. The van der Waals surface area contributed by atoms with Gasteiger partial charge in [0.1, 0.15) is 0 Å². The van der Waals surface area contributed by atoms with Crippen LogP contribution in [0, 0.1) is 5.92 Å². The molecule has 0 bridgehead atoms. The van der Waals surface area contributed by atoms with Crippen LogP contribution in [0.15, 0.2) is 28.7 Å². The van der Waals surface area contributed by atoms with Crippen molar-refractivity contribution in [2.24, 2.45) is 5.92 Å². The number of rotatable bonds is 3. The van der Waals surface area contributed by atoms with Gasteiger partial charge >= 0.3 is 0 Å². The summed E-state index contributed by atoms with van der Waals surface area (Å²) in [6.07, 6.45) is 2.95. The van der Waals surface area contributed by atoms with E-state index in [-0.39, 0.29) is 5.78 Å². The number of hydrogen-bond acceptors (Lipinski definition) is 2. The van der Waals surface area contributed by atoms with E-state index in [0.29, 0.717) is 12.5 Å². The Morgan fingerprint density at radius 1 is 1.53 bits per heavy atom. The van der Waals surface area contributed by atoms with Crippen molar-refractivity contribution in [3.8, 4) is 0 Å². The van der Waals surface area contributed by atoms with E-state index in [1.807, 2.05) is 24.3 Å². The molecule has 92 valence electrons. The molecule has 0 amide bonds. The highest BCUT2D eigenvalue weighted by Crippen LogP contribution is 2.20. The second-order valence-corrected chi connectivity index (χ2v) is 5.83. The first-order chi connectivity index (χ1) is 8.15. The molecule has 0 radical (unpaired) electrons. The third-order valence-electron chi connectivity index (χ3n) is 3.34. The lowest BCUT2D eigenvalue weighted by Crippen LogP contribution is -2.38. The lowest BCUT2D eigenvalue weighted by atomic mass is 9.90. The van der Waals surface area contributed by atoms with E-state index in [2.05, 4.69) is 28.2 Å². The van der Waals surface area contributed by atoms with E-state index >= 15 is 0 Å². The number of benzene rings is 1. The Hall–Kier alpha value is -0.670. The molecule has 2 rings (SSSR count). The van der Waals surface area contributed by atoms with Gasteiger partial charge in [-0.15, -0.1) is 0 Å². The van der Waals surface area contributed by atoms with Crippen molar-refractivity contribution in [3.63, 3.8) is 0 Å².